The molecule has 4 heteroatoms. The Bertz CT molecular complexity index is 483. The van der Waals surface area contributed by atoms with Crippen LogP contribution in [0.25, 0.3) is 0 Å². The molecule has 0 saturated carbocycles. The maximum absolute atomic E-state index is 6.30. The van der Waals surface area contributed by atoms with Gasteiger partial charge in [0.2, 0.25) is 0 Å². The van der Waals surface area contributed by atoms with Crippen molar-refractivity contribution >= 4 is 23.1 Å². The smallest absolute Gasteiger partial charge is 0.0433 e. The summed E-state index contributed by atoms with van der Waals surface area (Å²) in [6, 6.07) is 2.84. The first kappa shape index (κ1) is 14.9. The molecule has 2 aliphatic rings. The van der Waals surface area contributed by atoms with E-state index in [9.17, 15) is 0 Å². The van der Waals surface area contributed by atoms with Crippen molar-refractivity contribution in [2.45, 2.75) is 45.2 Å². The normalized spacial score (nSPS) is 33.9. The molecule has 2 atom stereocenters. The molecule has 2 N–H and O–H groups in total. The SMILES string of the molecule is CC1c2ccsc2CCN1C1(CN)CSCC(C)(C)C1. The van der Waals surface area contributed by atoms with Gasteiger partial charge >= 0.3 is 0 Å². The van der Waals surface area contributed by atoms with E-state index >= 15 is 0 Å². The molecule has 0 aromatic carbocycles. The molecule has 0 spiro atoms. The quantitative estimate of drug-likeness (QED) is 0.906. The van der Waals surface area contributed by atoms with Crippen molar-refractivity contribution in [3.63, 3.8) is 0 Å². The lowest BCUT2D eigenvalue weighted by Crippen LogP contribution is -2.61. The van der Waals surface area contributed by atoms with Crippen molar-refractivity contribution in [2.24, 2.45) is 11.1 Å². The Labute approximate surface area is 131 Å². The van der Waals surface area contributed by atoms with E-state index < -0.39 is 0 Å². The van der Waals surface area contributed by atoms with Crippen LogP contribution < -0.4 is 5.73 Å². The topological polar surface area (TPSA) is 29.3 Å². The van der Waals surface area contributed by atoms with Gasteiger partial charge in [-0.3, -0.25) is 4.90 Å². The molecule has 3 rings (SSSR count). The molecule has 1 aromatic rings. The minimum absolute atomic E-state index is 0.186. The molecule has 0 aliphatic carbocycles. The molecule has 2 aliphatic heterocycles. The summed E-state index contributed by atoms with van der Waals surface area (Å²) >= 11 is 4.01. The van der Waals surface area contributed by atoms with Gasteiger partial charge in [-0.15, -0.1) is 11.3 Å². The molecule has 3 heterocycles. The molecular weight excluding hydrogens is 284 g/mol. The maximum Gasteiger partial charge on any atom is 0.0433 e. The van der Waals surface area contributed by atoms with E-state index in [1.807, 2.05) is 11.3 Å². The molecule has 1 fully saturated rings. The van der Waals surface area contributed by atoms with E-state index in [0.29, 0.717) is 11.5 Å². The van der Waals surface area contributed by atoms with Gasteiger partial charge in [0.25, 0.3) is 0 Å². The number of fused-ring (bicyclic) bond motifs is 1. The fourth-order valence-electron chi connectivity index (χ4n) is 4.10. The van der Waals surface area contributed by atoms with Crippen LogP contribution >= 0.6 is 23.1 Å². The average Bonchev–Trinajstić information content (AvgIpc) is 2.87. The van der Waals surface area contributed by atoms with Gasteiger partial charge in [0.15, 0.2) is 0 Å². The van der Waals surface area contributed by atoms with E-state index in [4.69, 9.17) is 5.73 Å². The van der Waals surface area contributed by atoms with Crippen LogP contribution in [-0.2, 0) is 6.42 Å². The zero-order valence-electron chi connectivity index (χ0n) is 12.8. The van der Waals surface area contributed by atoms with Gasteiger partial charge in [-0.2, -0.15) is 11.8 Å². The minimum atomic E-state index is 0.186. The Morgan fingerprint density at radius 3 is 2.90 bits per heavy atom. The molecule has 0 bridgehead atoms. The Hall–Kier alpha value is -0.0300. The van der Waals surface area contributed by atoms with Crippen LogP contribution in [0.3, 0.4) is 0 Å². The highest BCUT2D eigenvalue weighted by Gasteiger charge is 2.46. The van der Waals surface area contributed by atoms with Crippen molar-refractivity contribution < 1.29 is 0 Å². The van der Waals surface area contributed by atoms with Crippen LogP contribution in [0.5, 0.6) is 0 Å². The van der Waals surface area contributed by atoms with Gasteiger partial charge in [0.1, 0.15) is 0 Å². The summed E-state index contributed by atoms with van der Waals surface area (Å²) < 4.78 is 0. The summed E-state index contributed by atoms with van der Waals surface area (Å²) in [4.78, 5) is 4.30. The number of rotatable bonds is 2. The number of thiophene rings is 1. The van der Waals surface area contributed by atoms with E-state index in [1.165, 1.54) is 30.9 Å². The molecular formula is C16H26N2S2. The van der Waals surface area contributed by atoms with E-state index in [0.717, 1.165) is 6.54 Å². The summed E-state index contributed by atoms with van der Waals surface area (Å²) in [6.07, 6.45) is 2.43. The maximum atomic E-state index is 6.30. The number of hydrogen-bond acceptors (Lipinski definition) is 4. The van der Waals surface area contributed by atoms with Crippen molar-refractivity contribution in [1.29, 1.82) is 0 Å². The first-order valence-corrected chi connectivity index (χ1v) is 9.62. The van der Waals surface area contributed by atoms with Crippen LogP contribution in [0.4, 0.5) is 0 Å². The van der Waals surface area contributed by atoms with Gasteiger partial charge < -0.3 is 5.73 Å². The third-order valence-corrected chi connectivity index (χ3v) is 7.66. The predicted octanol–water partition coefficient (Wildman–Crippen LogP) is 3.53. The second-order valence-electron chi connectivity index (χ2n) is 7.18. The van der Waals surface area contributed by atoms with Crippen molar-refractivity contribution in [3.8, 4) is 0 Å². The van der Waals surface area contributed by atoms with Crippen LogP contribution in [0.1, 0.15) is 43.7 Å². The first-order valence-electron chi connectivity index (χ1n) is 7.58. The van der Waals surface area contributed by atoms with Gasteiger partial charge in [0.05, 0.1) is 0 Å². The van der Waals surface area contributed by atoms with Gasteiger partial charge in [-0.1, -0.05) is 13.8 Å². The van der Waals surface area contributed by atoms with E-state index in [2.05, 4.69) is 48.9 Å². The highest BCUT2D eigenvalue weighted by molar-refractivity contribution is 7.99. The van der Waals surface area contributed by atoms with E-state index in [-0.39, 0.29) is 5.54 Å². The third kappa shape index (κ3) is 2.45. The predicted molar refractivity (Wildman–Crippen MR) is 90.7 cm³/mol. The second kappa shape index (κ2) is 5.31. The zero-order chi connectivity index (χ0) is 14.4. The van der Waals surface area contributed by atoms with Crippen LogP contribution in [-0.4, -0.2) is 35.0 Å². The average molecular weight is 311 g/mol. The van der Waals surface area contributed by atoms with Crippen LogP contribution in [0.15, 0.2) is 11.4 Å². The minimum Gasteiger partial charge on any atom is -0.329 e. The molecule has 2 nitrogen and oxygen atoms in total. The van der Waals surface area contributed by atoms with Crippen LogP contribution in [0.2, 0.25) is 0 Å². The zero-order valence-corrected chi connectivity index (χ0v) is 14.4. The lowest BCUT2D eigenvalue weighted by Gasteiger charge is -2.54. The van der Waals surface area contributed by atoms with Gasteiger partial charge in [0, 0.05) is 35.3 Å². The lowest BCUT2D eigenvalue weighted by atomic mass is 9.77. The summed E-state index contributed by atoms with van der Waals surface area (Å²) in [5.74, 6) is 2.46. The first-order chi connectivity index (χ1) is 9.47. The fraction of sp³-hybridized carbons (Fsp3) is 0.750. The molecule has 0 amide bonds. The molecule has 0 radical (unpaired) electrons. The van der Waals surface area contributed by atoms with Crippen molar-refractivity contribution in [2.75, 3.05) is 24.6 Å². The summed E-state index contributed by atoms with van der Waals surface area (Å²) in [6.45, 7) is 9.12. The largest absolute Gasteiger partial charge is 0.329 e. The Balaban J connectivity index is 1.90. The second-order valence-corrected chi connectivity index (χ2v) is 9.17. The van der Waals surface area contributed by atoms with Crippen molar-refractivity contribution in [3.05, 3.63) is 21.9 Å². The number of nitrogens with two attached hydrogens (primary N) is 1. The summed E-state index contributed by atoms with van der Waals surface area (Å²) in [5.41, 5.74) is 8.42. The number of hydrogen-bond donors (Lipinski definition) is 1. The Kier molecular flexibility index (Phi) is 3.95. The van der Waals surface area contributed by atoms with Gasteiger partial charge in [-0.05, 0) is 47.9 Å². The number of thioether (sulfide) groups is 1. The Morgan fingerprint density at radius 1 is 1.40 bits per heavy atom. The van der Waals surface area contributed by atoms with Crippen LogP contribution in [0, 0.1) is 5.41 Å². The molecule has 1 aromatic heterocycles. The van der Waals surface area contributed by atoms with Gasteiger partial charge in [-0.25, -0.2) is 0 Å². The number of nitrogens with zero attached hydrogens (tertiary/aromatic N) is 1. The molecule has 1 saturated heterocycles. The third-order valence-electron chi connectivity index (χ3n) is 4.94. The summed E-state index contributed by atoms with van der Waals surface area (Å²) in [5, 5.41) is 2.25. The highest BCUT2D eigenvalue weighted by Crippen LogP contribution is 2.46. The van der Waals surface area contributed by atoms with E-state index in [1.54, 1.807) is 10.4 Å². The lowest BCUT2D eigenvalue weighted by molar-refractivity contribution is 0.0301. The standard InChI is InChI=1S/C16H26N2S2/c1-12-13-5-7-20-14(13)4-6-18(12)16(9-17)8-15(2,3)10-19-11-16/h5,7,12H,4,6,8-11,17H2,1-3H3. The molecule has 112 valence electrons. The Morgan fingerprint density at radius 2 is 2.20 bits per heavy atom. The highest BCUT2D eigenvalue weighted by atomic mass is 32.2. The summed E-state index contributed by atoms with van der Waals surface area (Å²) in [7, 11) is 0. The van der Waals surface area contributed by atoms with Crippen molar-refractivity contribution in [1.82, 2.24) is 4.90 Å². The molecule has 2 unspecified atom stereocenters. The fourth-order valence-corrected chi connectivity index (χ4v) is 6.59. The molecule has 20 heavy (non-hydrogen) atoms. The monoisotopic (exact) mass is 310 g/mol.